The second kappa shape index (κ2) is 10.2. The van der Waals surface area contributed by atoms with Gasteiger partial charge in [-0.1, -0.05) is 18.2 Å². The second-order valence-corrected chi connectivity index (χ2v) is 10.1. The molecule has 9 nitrogen and oxygen atoms in total. The van der Waals surface area contributed by atoms with Crippen LogP contribution in [0.3, 0.4) is 0 Å². The predicted octanol–water partition coefficient (Wildman–Crippen LogP) is 3.22. The van der Waals surface area contributed by atoms with Gasteiger partial charge in [0.2, 0.25) is 5.95 Å². The summed E-state index contributed by atoms with van der Waals surface area (Å²) in [4.78, 5) is 28.3. The highest BCUT2D eigenvalue weighted by Gasteiger charge is 2.33. The van der Waals surface area contributed by atoms with Crippen LogP contribution in [0.4, 0.5) is 16.0 Å². The SMILES string of the molecule is Nc1nc(Cc2ccn(CCO)c2)nc(-c2cccc(N3CCc4cc(C5CC5)cc(F)c4C3=O)c2CO)n1. The van der Waals surface area contributed by atoms with E-state index in [0.717, 1.165) is 29.5 Å². The first-order valence-corrected chi connectivity index (χ1v) is 13.1. The van der Waals surface area contributed by atoms with Crippen molar-refractivity contribution in [3.05, 3.63) is 88.3 Å². The molecule has 4 aromatic rings. The fraction of sp³-hybridized carbons (Fsp3) is 0.310. The molecule has 0 spiro atoms. The minimum atomic E-state index is -0.492. The number of rotatable bonds is 8. The first kappa shape index (κ1) is 25.1. The number of nitrogens with zero attached hydrogens (tertiary/aromatic N) is 5. The molecule has 1 saturated carbocycles. The molecule has 1 aliphatic heterocycles. The predicted molar refractivity (Wildman–Crippen MR) is 144 cm³/mol. The van der Waals surface area contributed by atoms with Crippen LogP contribution >= 0.6 is 0 Å². The number of aliphatic hydroxyl groups excluding tert-OH is 2. The molecule has 1 aliphatic carbocycles. The molecule has 200 valence electrons. The third-order valence-electron chi connectivity index (χ3n) is 7.38. The van der Waals surface area contributed by atoms with Crippen molar-refractivity contribution in [2.75, 3.05) is 23.8 Å². The van der Waals surface area contributed by atoms with E-state index in [1.165, 1.54) is 11.0 Å². The molecule has 2 aromatic carbocycles. The summed E-state index contributed by atoms with van der Waals surface area (Å²) in [7, 11) is 0. The number of carbonyl (C=O) groups excluding carboxylic acids is 1. The third kappa shape index (κ3) is 4.88. The molecule has 0 unspecified atom stereocenters. The highest BCUT2D eigenvalue weighted by atomic mass is 19.1. The van der Waals surface area contributed by atoms with Crippen molar-refractivity contribution in [1.82, 2.24) is 19.5 Å². The summed E-state index contributed by atoms with van der Waals surface area (Å²) in [6, 6.07) is 10.6. The number of aromatic nitrogens is 4. The number of hydrogen-bond acceptors (Lipinski definition) is 7. The average molecular weight is 529 g/mol. The third-order valence-corrected chi connectivity index (χ3v) is 7.38. The van der Waals surface area contributed by atoms with Crippen LogP contribution in [0.2, 0.25) is 0 Å². The van der Waals surface area contributed by atoms with Crippen LogP contribution in [-0.2, 0) is 26.0 Å². The zero-order valence-corrected chi connectivity index (χ0v) is 21.3. The molecule has 0 bridgehead atoms. The van der Waals surface area contributed by atoms with Crippen LogP contribution in [0.15, 0.2) is 48.8 Å². The molecule has 0 atom stereocenters. The molecule has 6 rings (SSSR count). The van der Waals surface area contributed by atoms with Crippen LogP contribution in [-0.4, -0.2) is 48.8 Å². The van der Waals surface area contributed by atoms with Crippen LogP contribution in [0.25, 0.3) is 11.4 Å². The lowest BCUT2D eigenvalue weighted by Gasteiger charge is -2.31. The molecule has 1 amide bonds. The van der Waals surface area contributed by atoms with Crippen LogP contribution in [0, 0.1) is 5.82 Å². The Kier molecular flexibility index (Phi) is 6.58. The maximum absolute atomic E-state index is 15.1. The van der Waals surface area contributed by atoms with Crippen LogP contribution in [0.1, 0.15) is 57.2 Å². The second-order valence-electron chi connectivity index (χ2n) is 10.1. The van der Waals surface area contributed by atoms with Crippen molar-refractivity contribution < 1.29 is 19.4 Å². The van der Waals surface area contributed by atoms with Crippen LogP contribution < -0.4 is 10.6 Å². The Hall–Kier alpha value is -4.15. The zero-order chi connectivity index (χ0) is 27.1. The van der Waals surface area contributed by atoms with E-state index in [-0.39, 0.29) is 30.5 Å². The molecule has 0 radical (unpaired) electrons. The van der Waals surface area contributed by atoms with Gasteiger partial charge >= 0.3 is 0 Å². The minimum Gasteiger partial charge on any atom is -0.395 e. The summed E-state index contributed by atoms with van der Waals surface area (Å²) in [6.07, 6.45) is 6.81. The summed E-state index contributed by atoms with van der Waals surface area (Å²) in [5.41, 5.74) is 10.2. The van der Waals surface area contributed by atoms with Crippen molar-refractivity contribution in [3.63, 3.8) is 0 Å². The number of anilines is 2. The molecule has 2 aliphatic rings. The van der Waals surface area contributed by atoms with E-state index in [2.05, 4.69) is 15.0 Å². The lowest BCUT2D eigenvalue weighted by molar-refractivity contribution is 0.0976. The number of amides is 1. The van der Waals surface area contributed by atoms with Gasteiger partial charge in [-0.2, -0.15) is 9.97 Å². The van der Waals surface area contributed by atoms with Gasteiger partial charge in [-0.3, -0.25) is 4.79 Å². The van der Waals surface area contributed by atoms with Gasteiger partial charge < -0.3 is 25.4 Å². The summed E-state index contributed by atoms with van der Waals surface area (Å²) in [5.74, 6) is 0.248. The Morgan fingerprint density at radius 1 is 1.10 bits per heavy atom. The highest BCUT2D eigenvalue weighted by Crippen LogP contribution is 2.42. The molecule has 10 heteroatoms. The number of benzene rings is 2. The van der Waals surface area contributed by atoms with Gasteiger partial charge in [0.05, 0.1) is 24.5 Å². The monoisotopic (exact) mass is 528 g/mol. The van der Waals surface area contributed by atoms with Gasteiger partial charge in [-0.15, -0.1) is 0 Å². The number of nitrogen functional groups attached to an aromatic ring is 1. The quantitative estimate of drug-likeness (QED) is 0.320. The lowest BCUT2D eigenvalue weighted by atomic mass is 9.93. The molecule has 0 saturated heterocycles. The number of halogens is 1. The van der Waals surface area contributed by atoms with E-state index in [0.29, 0.717) is 54.5 Å². The molecular weight excluding hydrogens is 499 g/mol. The molecule has 2 aromatic heterocycles. The number of hydrogen-bond donors (Lipinski definition) is 3. The van der Waals surface area contributed by atoms with E-state index in [9.17, 15) is 9.90 Å². The Morgan fingerprint density at radius 3 is 2.72 bits per heavy atom. The van der Waals surface area contributed by atoms with Crippen molar-refractivity contribution >= 4 is 17.5 Å². The molecule has 3 heterocycles. The molecular formula is C29H29FN6O3. The molecule has 39 heavy (non-hydrogen) atoms. The smallest absolute Gasteiger partial charge is 0.261 e. The maximum atomic E-state index is 15.1. The zero-order valence-electron chi connectivity index (χ0n) is 21.3. The van der Waals surface area contributed by atoms with E-state index in [1.54, 1.807) is 18.2 Å². The highest BCUT2D eigenvalue weighted by molar-refractivity contribution is 6.09. The van der Waals surface area contributed by atoms with Gasteiger partial charge in [-0.05, 0) is 60.1 Å². The number of fused-ring (bicyclic) bond motifs is 1. The minimum absolute atomic E-state index is 0.0376. The topological polar surface area (TPSA) is 130 Å². The van der Waals surface area contributed by atoms with Crippen molar-refractivity contribution in [2.45, 2.75) is 44.8 Å². The summed E-state index contributed by atoms with van der Waals surface area (Å²) in [6.45, 7) is 0.514. The molecule has 4 N–H and O–H groups in total. The van der Waals surface area contributed by atoms with Crippen molar-refractivity contribution in [2.24, 2.45) is 0 Å². The van der Waals surface area contributed by atoms with Gasteiger partial charge in [0.15, 0.2) is 5.82 Å². The van der Waals surface area contributed by atoms with Gasteiger partial charge in [0.25, 0.3) is 5.91 Å². The first-order chi connectivity index (χ1) is 18.9. The lowest BCUT2D eigenvalue weighted by Crippen LogP contribution is -2.39. The van der Waals surface area contributed by atoms with E-state index in [1.807, 2.05) is 29.1 Å². The summed E-state index contributed by atoms with van der Waals surface area (Å²) < 4.78 is 17.0. The van der Waals surface area contributed by atoms with Gasteiger partial charge in [0, 0.05) is 43.0 Å². The number of nitrogens with two attached hydrogens (primary N) is 1. The Bertz CT molecular complexity index is 1560. The van der Waals surface area contributed by atoms with Crippen molar-refractivity contribution in [3.8, 4) is 11.4 Å². The van der Waals surface area contributed by atoms with Crippen molar-refractivity contribution in [1.29, 1.82) is 0 Å². The summed E-state index contributed by atoms with van der Waals surface area (Å²) >= 11 is 0. The Labute approximate surface area is 224 Å². The number of aliphatic hydroxyl groups is 2. The van der Waals surface area contributed by atoms with Gasteiger partial charge in [-0.25, -0.2) is 9.37 Å². The maximum Gasteiger partial charge on any atom is 0.261 e. The van der Waals surface area contributed by atoms with Gasteiger partial charge in [0.1, 0.15) is 11.6 Å². The fourth-order valence-electron chi connectivity index (χ4n) is 5.35. The molecule has 1 fully saturated rings. The Morgan fingerprint density at radius 2 is 1.95 bits per heavy atom. The fourth-order valence-corrected chi connectivity index (χ4v) is 5.35. The average Bonchev–Trinajstić information content (AvgIpc) is 3.68. The normalized spacial score (nSPS) is 15.1. The standard InChI is InChI=1S/C29H29FN6O3/c30-23-14-20(18-4-5-18)13-19-7-9-36(28(39)26(19)23)24-3-1-2-21(22(24)16-38)27-32-25(33-29(31)34-27)12-17-6-8-35(15-17)10-11-37/h1-3,6,8,13-15,18,37-38H,4-5,7,9-12,16H2,(H2,31,32,33,34). The largest absolute Gasteiger partial charge is 0.395 e. The van der Waals surface area contributed by atoms with Crippen LogP contribution in [0.5, 0.6) is 0 Å². The first-order valence-electron chi connectivity index (χ1n) is 13.1. The van der Waals surface area contributed by atoms with E-state index >= 15 is 4.39 Å². The number of carbonyl (C=O) groups is 1. The summed E-state index contributed by atoms with van der Waals surface area (Å²) in [5, 5.41) is 19.6. The van der Waals surface area contributed by atoms with E-state index < -0.39 is 11.7 Å². The Balaban J connectivity index is 1.33. The van der Waals surface area contributed by atoms with E-state index in [4.69, 9.17) is 10.8 Å².